The highest BCUT2D eigenvalue weighted by molar-refractivity contribution is 9.10. The fraction of sp³-hybridized carbons (Fsp3) is 0.103. The van der Waals surface area contributed by atoms with Crippen LogP contribution in [0, 0.1) is 13.8 Å². The first-order valence-electron chi connectivity index (χ1n) is 11.5. The normalized spacial score (nSPS) is 11.8. The van der Waals surface area contributed by atoms with E-state index in [1.165, 1.54) is 5.56 Å². The summed E-state index contributed by atoms with van der Waals surface area (Å²) in [7, 11) is 0. The molecule has 1 atom stereocenters. The van der Waals surface area contributed by atoms with Gasteiger partial charge >= 0.3 is 0 Å². The molecule has 3 aromatic carbocycles. The van der Waals surface area contributed by atoms with Crippen molar-refractivity contribution in [1.82, 2.24) is 10.4 Å². The predicted molar refractivity (Wildman–Crippen MR) is 155 cm³/mol. The van der Waals surface area contributed by atoms with Crippen LogP contribution in [-0.4, -0.2) is 23.0 Å². The largest absolute Gasteiger partial charge is 0.321 e. The first-order chi connectivity index (χ1) is 17.8. The lowest BCUT2D eigenvalue weighted by atomic mass is 10.0. The van der Waals surface area contributed by atoms with Crippen LogP contribution in [0.4, 0.5) is 5.69 Å². The third kappa shape index (κ3) is 6.72. The molecule has 0 fully saturated rings. The number of anilines is 1. The summed E-state index contributed by atoms with van der Waals surface area (Å²) in [4.78, 5) is 30.1. The monoisotopic (exact) mass is 572 g/mol. The molecule has 2 N–H and O–H groups in total. The Kier molecular flexibility index (Phi) is 8.53. The number of nitrogens with zero attached hydrogens (tertiary/aromatic N) is 2. The number of nitrogens with one attached hydrogen (secondary N) is 2. The zero-order valence-corrected chi connectivity index (χ0v) is 22.8. The molecule has 6 nitrogen and oxygen atoms in total. The van der Waals surface area contributed by atoms with E-state index >= 15 is 0 Å². The molecule has 0 aliphatic heterocycles. The lowest BCUT2D eigenvalue weighted by molar-refractivity contribution is 0.0956. The van der Waals surface area contributed by atoms with Crippen LogP contribution in [0.25, 0.3) is 0 Å². The van der Waals surface area contributed by atoms with Crippen LogP contribution in [0.5, 0.6) is 0 Å². The minimum atomic E-state index is -0.446. The maximum absolute atomic E-state index is 13.1. The fourth-order valence-corrected chi connectivity index (χ4v) is 4.36. The van der Waals surface area contributed by atoms with Crippen LogP contribution in [0.2, 0.25) is 0 Å². The van der Waals surface area contributed by atoms with Gasteiger partial charge in [0.1, 0.15) is 0 Å². The van der Waals surface area contributed by atoms with Gasteiger partial charge in [0.25, 0.3) is 11.8 Å². The number of carbonyl (C=O) groups excluding carboxylic acids is 2. The Bertz CT molecular complexity index is 1470. The Morgan fingerprint density at radius 3 is 2.46 bits per heavy atom. The second kappa shape index (κ2) is 12.0. The zero-order chi connectivity index (χ0) is 26.4. The third-order valence-corrected chi connectivity index (χ3v) is 6.96. The van der Waals surface area contributed by atoms with Gasteiger partial charge in [-0.2, -0.15) is 17.7 Å². The van der Waals surface area contributed by atoms with Gasteiger partial charge < -0.3 is 5.32 Å². The third-order valence-electron chi connectivity index (χ3n) is 5.87. The highest BCUT2D eigenvalue weighted by Crippen LogP contribution is 2.29. The van der Waals surface area contributed by atoms with E-state index in [1.54, 1.807) is 48.9 Å². The van der Waals surface area contributed by atoms with Crippen molar-refractivity contribution in [1.29, 1.82) is 0 Å². The van der Waals surface area contributed by atoms with Crippen molar-refractivity contribution in [3.8, 4) is 0 Å². The molecule has 0 spiro atoms. The number of pyridine rings is 1. The molecule has 37 heavy (non-hydrogen) atoms. The Morgan fingerprint density at radius 1 is 0.919 bits per heavy atom. The Hall–Kier alpha value is -3.75. The Labute approximate surface area is 229 Å². The molecule has 1 heterocycles. The minimum absolute atomic E-state index is 0.208. The van der Waals surface area contributed by atoms with Crippen LogP contribution < -0.4 is 10.7 Å². The summed E-state index contributed by atoms with van der Waals surface area (Å²) in [6.45, 7) is 4.06. The number of amides is 2. The molecule has 8 heteroatoms. The average molecular weight is 574 g/mol. The van der Waals surface area contributed by atoms with Crippen molar-refractivity contribution in [2.75, 3.05) is 5.32 Å². The molecule has 0 aliphatic rings. The molecular formula is C29H25BrN4O2S. The number of aryl methyl sites for hydroxylation is 2. The lowest BCUT2D eigenvalue weighted by Gasteiger charge is -2.14. The summed E-state index contributed by atoms with van der Waals surface area (Å²) >= 11 is 8.12. The van der Waals surface area contributed by atoms with Gasteiger partial charge in [0.05, 0.1) is 22.7 Å². The Balaban J connectivity index is 1.50. The molecule has 1 unspecified atom stereocenters. The van der Waals surface area contributed by atoms with Gasteiger partial charge in [-0.15, -0.1) is 0 Å². The van der Waals surface area contributed by atoms with Crippen LogP contribution in [0.1, 0.15) is 53.8 Å². The molecule has 0 radical (unpaired) electrons. The van der Waals surface area contributed by atoms with Crippen LogP contribution >= 0.6 is 28.6 Å². The molecule has 2 amide bonds. The average Bonchev–Trinajstić information content (AvgIpc) is 2.91. The maximum atomic E-state index is 13.1. The number of rotatable bonds is 7. The van der Waals surface area contributed by atoms with Crippen LogP contribution in [0.15, 0.2) is 94.8 Å². The van der Waals surface area contributed by atoms with Gasteiger partial charge in [-0.1, -0.05) is 46.3 Å². The number of hydrogen-bond donors (Lipinski definition) is 3. The van der Waals surface area contributed by atoms with E-state index < -0.39 is 5.91 Å². The fourth-order valence-electron chi connectivity index (χ4n) is 3.67. The molecule has 1 aromatic heterocycles. The first-order valence-corrected chi connectivity index (χ1v) is 12.8. The molecule has 0 aliphatic carbocycles. The number of benzene rings is 3. The quantitative estimate of drug-likeness (QED) is 0.134. The van der Waals surface area contributed by atoms with Crippen molar-refractivity contribution in [3.05, 3.63) is 129 Å². The van der Waals surface area contributed by atoms with Gasteiger partial charge in [0.2, 0.25) is 0 Å². The summed E-state index contributed by atoms with van der Waals surface area (Å²) in [6.07, 6.45) is 5.00. The number of aromatic nitrogens is 1. The van der Waals surface area contributed by atoms with Gasteiger partial charge in [0.15, 0.2) is 0 Å². The molecule has 4 rings (SSSR count). The summed E-state index contributed by atoms with van der Waals surface area (Å²) in [5.41, 5.74) is 8.69. The molecular weight excluding hydrogens is 548 g/mol. The number of carbonyl (C=O) groups is 2. The van der Waals surface area contributed by atoms with Gasteiger partial charge in [-0.3, -0.25) is 14.6 Å². The number of hydrogen-bond acceptors (Lipinski definition) is 5. The summed E-state index contributed by atoms with van der Waals surface area (Å²) < 4.78 is 0.700. The summed E-state index contributed by atoms with van der Waals surface area (Å²) in [6, 6.07) is 22.0. The van der Waals surface area contributed by atoms with Crippen molar-refractivity contribution < 1.29 is 9.59 Å². The SMILES string of the molecule is Cc1ccc(/C=N/NC(=O)c2cc(Br)ccc2NC(=O)c2cccc(C(S)c3ccncc3)c2)cc1C. The second-order valence-electron chi connectivity index (χ2n) is 8.50. The predicted octanol–water partition coefficient (Wildman–Crippen LogP) is 6.50. The van der Waals surface area contributed by atoms with E-state index in [-0.39, 0.29) is 16.7 Å². The maximum Gasteiger partial charge on any atom is 0.273 e. The van der Waals surface area contributed by atoms with Crippen molar-refractivity contribution in [2.45, 2.75) is 19.1 Å². The number of thiol groups is 1. The van der Waals surface area contributed by atoms with Crippen molar-refractivity contribution in [3.63, 3.8) is 0 Å². The molecule has 4 aromatic rings. The molecule has 0 saturated carbocycles. The number of halogens is 1. The Morgan fingerprint density at radius 2 is 1.70 bits per heavy atom. The van der Waals surface area contributed by atoms with Gasteiger partial charge in [-0.05, 0) is 84.1 Å². The van der Waals surface area contributed by atoms with E-state index in [0.29, 0.717) is 15.7 Å². The van der Waals surface area contributed by atoms with Crippen molar-refractivity contribution >= 4 is 52.3 Å². The summed E-state index contributed by atoms with van der Waals surface area (Å²) in [5.74, 6) is -0.786. The molecule has 0 saturated heterocycles. The van der Waals surface area contributed by atoms with Crippen LogP contribution in [0.3, 0.4) is 0 Å². The smallest absolute Gasteiger partial charge is 0.273 e. The molecule has 0 bridgehead atoms. The van der Waals surface area contributed by atoms with E-state index in [0.717, 1.165) is 22.3 Å². The standard InChI is InChI=1S/C29H25BrN4O2S/c1-18-6-7-20(14-19(18)2)17-32-34-29(36)25-16-24(30)8-9-26(25)33-28(35)23-5-3-4-22(15-23)27(37)21-10-12-31-13-11-21/h3-17,27,37H,1-2H3,(H,33,35)(H,34,36)/b32-17+. The highest BCUT2D eigenvalue weighted by atomic mass is 79.9. The minimum Gasteiger partial charge on any atom is -0.321 e. The number of hydrazone groups is 1. The topological polar surface area (TPSA) is 83.5 Å². The van der Waals surface area contributed by atoms with E-state index in [4.69, 9.17) is 12.6 Å². The lowest BCUT2D eigenvalue weighted by Crippen LogP contribution is -2.21. The van der Waals surface area contributed by atoms with Crippen molar-refractivity contribution in [2.24, 2.45) is 5.10 Å². The first kappa shape index (κ1) is 26.3. The van der Waals surface area contributed by atoms with E-state index in [1.807, 2.05) is 56.3 Å². The van der Waals surface area contributed by atoms with E-state index in [2.05, 4.69) is 36.8 Å². The zero-order valence-electron chi connectivity index (χ0n) is 20.3. The van der Waals surface area contributed by atoms with E-state index in [9.17, 15) is 9.59 Å². The summed E-state index contributed by atoms with van der Waals surface area (Å²) in [5, 5.41) is 6.74. The molecule has 186 valence electrons. The second-order valence-corrected chi connectivity index (χ2v) is 9.93. The van der Waals surface area contributed by atoms with Gasteiger partial charge in [-0.25, -0.2) is 5.43 Å². The van der Waals surface area contributed by atoms with Crippen LogP contribution in [-0.2, 0) is 0 Å². The van der Waals surface area contributed by atoms with Gasteiger partial charge in [0, 0.05) is 22.4 Å². The highest BCUT2D eigenvalue weighted by Gasteiger charge is 2.17.